The Bertz CT molecular complexity index is 902. The molecule has 1 saturated heterocycles. The van der Waals surface area contributed by atoms with Crippen molar-refractivity contribution >= 4 is 47.2 Å². The zero-order valence-electron chi connectivity index (χ0n) is 19.5. The third-order valence-corrected chi connectivity index (χ3v) is 5.33. The van der Waals surface area contributed by atoms with Crippen molar-refractivity contribution in [1.29, 1.82) is 0 Å². The fraction of sp³-hybridized carbons (Fsp3) is 0.417. The normalized spacial score (nSPS) is 13.7. The van der Waals surface area contributed by atoms with Crippen molar-refractivity contribution in [3.05, 3.63) is 48.5 Å². The molecule has 2 aromatic rings. The Kier molecular flexibility index (Phi) is 11.1. The number of benzene rings is 2. The van der Waals surface area contributed by atoms with Gasteiger partial charge < -0.3 is 29.9 Å². The number of nitrogens with zero attached hydrogens (tertiary/aromatic N) is 3. The standard InChI is InChI=1S/C24H33N5O3.HI/c1-4-32-22-18-19(10-11-21(22)31-3)27-24(25-2)26-13-12-23(30)29-16-14-28(15-17-29)20-8-6-5-7-9-20;/h5-11,18H,4,12-17H2,1-3H3,(H2,25,26,27);1H. The van der Waals surface area contributed by atoms with Gasteiger partial charge in [-0.3, -0.25) is 9.79 Å². The summed E-state index contributed by atoms with van der Waals surface area (Å²) < 4.78 is 10.9. The van der Waals surface area contributed by atoms with Crippen LogP contribution >= 0.6 is 24.0 Å². The van der Waals surface area contributed by atoms with E-state index in [0.717, 1.165) is 31.9 Å². The van der Waals surface area contributed by atoms with Gasteiger partial charge in [-0.05, 0) is 31.2 Å². The molecule has 33 heavy (non-hydrogen) atoms. The molecular formula is C24H34IN5O3. The van der Waals surface area contributed by atoms with Crippen LogP contribution in [-0.2, 0) is 4.79 Å². The van der Waals surface area contributed by atoms with Gasteiger partial charge in [0, 0.05) is 63.6 Å². The average molecular weight is 567 g/mol. The minimum Gasteiger partial charge on any atom is -0.493 e. The van der Waals surface area contributed by atoms with Crippen molar-refractivity contribution in [2.45, 2.75) is 13.3 Å². The Hall–Kier alpha value is -2.69. The molecule has 1 amide bonds. The van der Waals surface area contributed by atoms with Crippen LogP contribution in [0.25, 0.3) is 0 Å². The number of halogens is 1. The number of carbonyl (C=O) groups excluding carboxylic acids is 1. The smallest absolute Gasteiger partial charge is 0.224 e. The zero-order chi connectivity index (χ0) is 22.8. The second-order valence-corrected chi connectivity index (χ2v) is 7.38. The molecule has 9 heteroatoms. The highest BCUT2D eigenvalue weighted by molar-refractivity contribution is 14.0. The first-order valence-electron chi connectivity index (χ1n) is 11.0. The van der Waals surface area contributed by atoms with Crippen molar-refractivity contribution < 1.29 is 14.3 Å². The lowest BCUT2D eigenvalue weighted by Crippen LogP contribution is -2.49. The number of hydrogen-bond acceptors (Lipinski definition) is 5. The summed E-state index contributed by atoms with van der Waals surface area (Å²) >= 11 is 0. The number of nitrogens with one attached hydrogen (secondary N) is 2. The molecule has 180 valence electrons. The summed E-state index contributed by atoms with van der Waals surface area (Å²) in [5, 5.41) is 6.44. The molecule has 0 spiro atoms. The molecule has 1 fully saturated rings. The number of anilines is 2. The van der Waals surface area contributed by atoms with Crippen LogP contribution in [0.2, 0.25) is 0 Å². The molecule has 0 atom stereocenters. The topological polar surface area (TPSA) is 78.4 Å². The van der Waals surface area contributed by atoms with Crippen LogP contribution in [-0.4, -0.2) is 70.3 Å². The molecule has 1 aliphatic heterocycles. The number of guanidine groups is 1. The van der Waals surface area contributed by atoms with Crippen molar-refractivity contribution in [1.82, 2.24) is 10.2 Å². The lowest BCUT2D eigenvalue weighted by Gasteiger charge is -2.36. The van der Waals surface area contributed by atoms with Crippen LogP contribution in [0.3, 0.4) is 0 Å². The van der Waals surface area contributed by atoms with Crippen LogP contribution in [0.5, 0.6) is 11.5 Å². The summed E-state index contributed by atoms with van der Waals surface area (Å²) in [5.74, 6) is 2.10. The summed E-state index contributed by atoms with van der Waals surface area (Å²) in [6.45, 7) is 6.18. The van der Waals surface area contributed by atoms with E-state index in [9.17, 15) is 4.79 Å². The van der Waals surface area contributed by atoms with Crippen LogP contribution in [0.1, 0.15) is 13.3 Å². The fourth-order valence-corrected chi connectivity index (χ4v) is 3.64. The molecule has 2 aromatic carbocycles. The number of methoxy groups -OCH3 is 1. The van der Waals surface area contributed by atoms with Gasteiger partial charge in [0.05, 0.1) is 13.7 Å². The minimum absolute atomic E-state index is 0. The van der Waals surface area contributed by atoms with Crippen molar-refractivity contribution in [2.75, 3.05) is 63.7 Å². The van der Waals surface area contributed by atoms with Gasteiger partial charge in [-0.15, -0.1) is 24.0 Å². The fourth-order valence-electron chi connectivity index (χ4n) is 3.64. The molecule has 1 aliphatic rings. The van der Waals surface area contributed by atoms with Gasteiger partial charge in [-0.2, -0.15) is 0 Å². The number of piperazine rings is 1. The molecule has 0 aliphatic carbocycles. The van der Waals surface area contributed by atoms with E-state index in [2.05, 4.69) is 32.7 Å². The second-order valence-electron chi connectivity index (χ2n) is 7.38. The van der Waals surface area contributed by atoms with E-state index >= 15 is 0 Å². The molecule has 0 unspecified atom stereocenters. The average Bonchev–Trinajstić information content (AvgIpc) is 2.84. The van der Waals surface area contributed by atoms with Gasteiger partial charge in [-0.1, -0.05) is 18.2 Å². The predicted octanol–water partition coefficient (Wildman–Crippen LogP) is 3.44. The molecule has 0 radical (unpaired) electrons. The summed E-state index contributed by atoms with van der Waals surface area (Å²) in [6, 6.07) is 15.9. The second kappa shape index (κ2) is 13.8. The Morgan fingerprint density at radius 2 is 1.79 bits per heavy atom. The quantitative estimate of drug-likeness (QED) is 0.289. The first kappa shape index (κ1) is 26.6. The monoisotopic (exact) mass is 567 g/mol. The lowest BCUT2D eigenvalue weighted by atomic mass is 10.2. The van der Waals surface area contributed by atoms with E-state index in [1.165, 1.54) is 5.69 Å². The van der Waals surface area contributed by atoms with E-state index in [4.69, 9.17) is 9.47 Å². The Morgan fingerprint density at radius 3 is 2.42 bits per heavy atom. The predicted molar refractivity (Wildman–Crippen MR) is 144 cm³/mol. The summed E-state index contributed by atoms with van der Waals surface area (Å²) in [7, 11) is 3.32. The number of ether oxygens (including phenoxy) is 2. The summed E-state index contributed by atoms with van der Waals surface area (Å²) in [5.41, 5.74) is 2.04. The van der Waals surface area contributed by atoms with E-state index in [0.29, 0.717) is 37.0 Å². The van der Waals surface area contributed by atoms with Gasteiger partial charge in [0.15, 0.2) is 17.5 Å². The third kappa shape index (κ3) is 7.69. The van der Waals surface area contributed by atoms with Gasteiger partial charge in [0.1, 0.15) is 0 Å². The zero-order valence-corrected chi connectivity index (χ0v) is 21.9. The number of aliphatic imine (C=N–C) groups is 1. The van der Waals surface area contributed by atoms with Crippen LogP contribution in [0, 0.1) is 0 Å². The number of hydrogen-bond donors (Lipinski definition) is 2. The molecule has 8 nitrogen and oxygen atoms in total. The third-order valence-electron chi connectivity index (χ3n) is 5.33. The van der Waals surface area contributed by atoms with E-state index < -0.39 is 0 Å². The molecule has 1 heterocycles. The Morgan fingerprint density at radius 1 is 1.06 bits per heavy atom. The highest BCUT2D eigenvalue weighted by Crippen LogP contribution is 2.30. The summed E-state index contributed by atoms with van der Waals surface area (Å²) in [4.78, 5) is 21.1. The van der Waals surface area contributed by atoms with Crippen molar-refractivity contribution in [3.63, 3.8) is 0 Å². The van der Waals surface area contributed by atoms with Crippen molar-refractivity contribution in [3.8, 4) is 11.5 Å². The van der Waals surface area contributed by atoms with Gasteiger partial charge in [-0.25, -0.2) is 0 Å². The molecule has 0 bridgehead atoms. The number of rotatable bonds is 8. The van der Waals surface area contributed by atoms with E-state index in [1.54, 1.807) is 14.2 Å². The lowest BCUT2D eigenvalue weighted by molar-refractivity contribution is -0.131. The molecular weight excluding hydrogens is 533 g/mol. The number of carbonyl (C=O) groups is 1. The number of amides is 1. The van der Waals surface area contributed by atoms with Gasteiger partial charge in [0.2, 0.25) is 5.91 Å². The highest BCUT2D eigenvalue weighted by Gasteiger charge is 2.21. The highest BCUT2D eigenvalue weighted by atomic mass is 127. The largest absolute Gasteiger partial charge is 0.493 e. The van der Waals surface area contributed by atoms with Crippen molar-refractivity contribution in [2.24, 2.45) is 4.99 Å². The van der Waals surface area contributed by atoms with Gasteiger partial charge in [0.25, 0.3) is 0 Å². The molecule has 0 saturated carbocycles. The molecule has 3 rings (SSSR count). The first-order chi connectivity index (χ1) is 15.6. The van der Waals surface area contributed by atoms with E-state index in [1.807, 2.05) is 48.2 Å². The summed E-state index contributed by atoms with van der Waals surface area (Å²) in [6.07, 6.45) is 0.416. The first-order valence-corrected chi connectivity index (χ1v) is 11.0. The van der Waals surface area contributed by atoms with Crippen LogP contribution < -0.4 is 25.0 Å². The Labute approximate surface area is 213 Å². The number of para-hydroxylation sites is 1. The minimum atomic E-state index is 0. The van der Waals surface area contributed by atoms with E-state index in [-0.39, 0.29) is 29.9 Å². The maximum absolute atomic E-state index is 12.6. The maximum atomic E-state index is 12.6. The van der Waals surface area contributed by atoms with Gasteiger partial charge >= 0.3 is 0 Å². The Balaban J connectivity index is 0.00000385. The SMILES string of the molecule is CCOc1cc(NC(=NC)NCCC(=O)N2CCN(c3ccccc3)CC2)ccc1OC.I. The molecule has 0 aromatic heterocycles. The maximum Gasteiger partial charge on any atom is 0.224 e. The van der Waals surface area contributed by atoms with Crippen LogP contribution in [0.15, 0.2) is 53.5 Å². The van der Waals surface area contributed by atoms with Crippen LogP contribution in [0.4, 0.5) is 11.4 Å². The molecule has 2 N–H and O–H groups in total.